The minimum atomic E-state index is -0.379. The van der Waals surface area contributed by atoms with Crippen molar-refractivity contribution in [2.45, 2.75) is 6.92 Å². The van der Waals surface area contributed by atoms with E-state index in [1.165, 1.54) is 18.2 Å². The highest BCUT2D eigenvalue weighted by Crippen LogP contribution is 2.31. The summed E-state index contributed by atoms with van der Waals surface area (Å²) in [6.07, 6.45) is 0. The van der Waals surface area contributed by atoms with Crippen molar-refractivity contribution in [2.75, 3.05) is 0 Å². The number of hydrogen-bond acceptors (Lipinski definition) is 5. The normalized spacial score (nSPS) is 10.8. The van der Waals surface area contributed by atoms with Crippen molar-refractivity contribution in [1.82, 2.24) is 0 Å². The Hall–Kier alpha value is -3.00. The molecular formula is C15H9NO4. The van der Waals surface area contributed by atoms with Crippen LogP contribution in [-0.4, -0.2) is 10.2 Å². The third kappa shape index (κ3) is 1.59. The molecule has 3 rings (SSSR count). The number of phenols is 2. The van der Waals surface area contributed by atoms with Crippen molar-refractivity contribution >= 4 is 21.9 Å². The summed E-state index contributed by atoms with van der Waals surface area (Å²) in [4.78, 5) is 12.4. The van der Waals surface area contributed by atoms with Gasteiger partial charge in [0.1, 0.15) is 11.2 Å². The number of phenolic OH excluding ortho intramolecular Hbond substituents is 2. The first-order valence-corrected chi connectivity index (χ1v) is 5.84. The molecule has 0 radical (unpaired) electrons. The second-order valence-corrected chi connectivity index (χ2v) is 4.55. The lowest BCUT2D eigenvalue weighted by Gasteiger charge is -2.06. The highest BCUT2D eigenvalue weighted by molar-refractivity contribution is 5.93. The maximum Gasteiger partial charge on any atom is 0.200 e. The van der Waals surface area contributed by atoms with E-state index in [1.807, 2.05) is 6.07 Å². The van der Waals surface area contributed by atoms with Gasteiger partial charge in [-0.2, -0.15) is 5.26 Å². The topological polar surface area (TPSA) is 94.5 Å². The first kappa shape index (κ1) is 12.1. The summed E-state index contributed by atoms with van der Waals surface area (Å²) in [6, 6.07) is 7.43. The Morgan fingerprint density at radius 3 is 2.50 bits per heavy atom. The molecule has 5 nitrogen and oxygen atoms in total. The maximum atomic E-state index is 12.4. The average molecular weight is 267 g/mol. The van der Waals surface area contributed by atoms with Crippen LogP contribution in [0.25, 0.3) is 21.9 Å². The van der Waals surface area contributed by atoms with Gasteiger partial charge in [0.05, 0.1) is 22.4 Å². The molecule has 0 saturated heterocycles. The van der Waals surface area contributed by atoms with Crippen molar-refractivity contribution in [3.63, 3.8) is 0 Å². The monoisotopic (exact) mass is 267 g/mol. The van der Waals surface area contributed by atoms with E-state index in [9.17, 15) is 15.0 Å². The van der Waals surface area contributed by atoms with E-state index in [2.05, 4.69) is 0 Å². The number of fused-ring (bicyclic) bond motifs is 2. The molecule has 0 aliphatic carbocycles. The van der Waals surface area contributed by atoms with E-state index >= 15 is 0 Å². The molecule has 0 unspecified atom stereocenters. The van der Waals surface area contributed by atoms with E-state index in [0.29, 0.717) is 16.5 Å². The predicted octanol–water partition coefficient (Wildman–Crippen LogP) is 2.54. The zero-order valence-corrected chi connectivity index (χ0v) is 10.5. The lowest BCUT2D eigenvalue weighted by atomic mass is 10.0. The Labute approximate surface area is 112 Å². The summed E-state index contributed by atoms with van der Waals surface area (Å²) < 4.78 is 5.56. The number of rotatable bonds is 0. The molecule has 2 N–H and O–H groups in total. The Bertz CT molecular complexity index is 964. The third-order valence-corrected chi connectivity index (χ3v) is 3.20. The summed E-state index contributed by atoms with van der Waals surface area (Å²) in [5, 5.41) is 28.4. The van der Waals surface area contributed by atoms with Crippen LogP contribution in [0.3, 0.4) is 0 Å². The molecule has 3 aromatic rings. The molecule has 0 fully saturated rings. The van der Waals surface area contributed by atoms with Gasteiger partial charge in [-0.05, 0) is 30.7 Å². The Morgan fingerprint density at radius 1 is 1.10 bits per heavy atom. The van der Waals surface area contributed by atoms with Gasteiger partial charge in [-0.25, -0.2) is 0 Å². The SMILES string of the molecule is Cc1cc(C#N)cc2oc3cc(O)c(O)cc3c(=O)c12. The zero-order valence-electron chi connectivity index (χ0n) is 10.5. The molecule has 5 heteroatoms. The average Bonchev–Trinajstić information content (AvgIpc) is 2.40. The highest BCUT2D eigenvalue weighted by Gasteiger charge is 2.13. The molecule has 0 aliphatic rings. The summed E-state index contributed by atoms with van der Waals surface area (Å²) in [5.74, 6) is -0.747. The number of nitriles is 1. The van der Waals surface area contributed by atoms with Crippen molar-refractivity contribution in [3.8, 4) is 17.6 Å². The smallest absolute Gasteiger partial charge is 0.200 e. The lowest BCUT2D eigenvalue weighted by molar-refractivity contribution is 0.404. The van der Waals surface area contributed by atoms with Crippen molar-refractivity contribution in [1.29, 1.82) is 5.26 Å². The van der Waals surface area contributed by atoms with Crippen LogP contribution in [0, 0.1) is 18.3 Å². The van der Waals surface area contributed by atoms with Crippen molar-refractivity contribution < 1.29 is 14.6 Å². The molecule has 0 saturated carbocycles. The second-order valence-electron chi connectivity index (χ2n) is 4.55. The lowest BCUT2D eigenvalue weighted by Crippen LogP contribution is -2.04. The largest absolute Gasteiger partial charge is 0.504 e. The fourth-order valence-corrected chi connectivity index (χ4v) is 2.26. The predicted molar refractivity (Wildman–Crippen MR) is 72.8 cm³/mol. The third-order valence-electron chi connectivity index (χ3n) is 3.20. The highest BCUT2D eigenvalue weighted by atomic mass is 16.3. The summed E-state index contributed by atoms with van der Waals surface area (Å²) in [7, 11) is 0. The van der Waals surface area contributed by atoms with Gasteiger partial charge < -0.3 is 14.6 Å². The standard InChI is InChI=1S/C15H9NO4/c1-7-2-8(6-16)3-13-14(7)15(19)9-4-10(17)11(18)5-12(9)20-13/h2-5,17-18H,1H3. The van der Waals surface area contributed by atoms with E-state index in [0.717, 1.165) is 0 Å². The van der Waals surface area contributed by atoms with Crippen molar-refractivity contribution in [2.24, 2.45) is 0 Å². The molecule has 98 valence electrons. The summed E-state index contributed by atoms with van der Waals surface area (Å²) in [5.41, 5.74) is 1.15. The summed E-state index contributed by atoms with van der Waals surface area (Å²) >= 11 is 0. The minimum Gasteiger partial charge on any atom is -0.504 e. The van der Waals surface area contributed by atoms with Crippen LogP contribution in [0.1, 0.15) is 11.1 Å². The van der Waals surface area contributed by atoms with Crippen LogP contribution in [0.5, 0.6) is 11.5 Å². The first-order chi connectivity index (χ1) is 9.51. The molecule has 0 bridgehead atoms. The second kappa shape index (κ2) is 4.00. The zero-order chi connectivity index (χ0) is 14.4. The van der Waals surface area contributed by atoms with E-state index < -0.39 is 0 Å². The molecule has 20 heavy (non-hydrogen) atoms. The van der Waals surface area contributed by atoms with Gasteiger partial charge in [0.2, 0.25) is 5.43 Å². The number of hydrogen-bond donors (Lipinski definition) is 2. The van der Waals surface area contributed by atoms with Gasteiger partial charge in [0.15, 0.2) is 11.5 Å². The van der Waals surface area contributed by atoms with Crippen LogP contribution >= 0.6 is 0 Å². The van der Waals surface area contributed by atoms with Gasteiger partial charge in [0.25, 0.3) is 0 Å². The van der Waals surface area contributed by atoms with E-state index in [1.54, 1.807) is 13.0 Å². The fourth-order valence-electron chi connectivity index (χ4n) is 2.26. The number of nitrogens with zero attached hydrogens (tertiary/aromatic N) is 1. The fraction of sp³-hybridized carbons (Fsp3) is 0.0667. The summed E-state index contributed by atoms with van der Waals surface area (Å²) in [6.45, 7) is 1.71. The maximum absolute atomic E-state index is 12.4. The molecule has 0 spiro atoms. The number of benzene rings is 2. The molecule has 2 aromatic carbocycles. The van der Waals surface area contributed by atoms with E-state index in [-0.39, 0.29) is 33.5 Å². The molecule has 1 aromatic heterocycles. The first-order valence-electron chi connectivity index (χ1n) is 5.84. The Balaban J connectivity index is 2.58. The van der Waals surface area contributed by atoms with Gasteiger partial charge >= 0.3 is 0 Å². The number of aryl methyl sites for hydroxylation is 1. The van der Waals surface area contributed by atoms with Crippen LogP contribution < -0.4 is 5.43 Å². The van der Waals surface area contributed by atoms with Gasteiger partial charge in [-0.1, -0.05) is 0 Å². The van der Waals surface area contributed by atoms with Crippen LogP contribution in [0.4, 0.5) is 0 Å². The van der Waals surface area contributed by atoms with E-state index in [4.69, 9.17) is 9.68 Å². The Morgan fingerprint density at radius 2 is 1.80 bits per heavy atom. The molecule has 0 amide bonds. The van der Waals surface area contributed by atoms with Gasteiger partial charge in [-0.15, -0.1) is 0 Å². The molecule has 1 heterocycles. The molecular weight excluding hydrogens is 258 g/mol. The molecule has 0 aliphatic heterocycles. The molecule has 0 atom stereocenters. The van der Waals surface area contributed by atoms with Crippen LogP contribution in [0.2, 0.25) is 0 Å². The Kier molecular flexibility index (Phi) is 2.41. The quantitative estimate of drug-likeness (QED) is 0.482. The van der Waals surface area contributed by atoms with Crippen LogP contribution in [-0.2, 0) is 0 Å². The van der Waals surface area contributed by atoms with Gasteiger partial charge in [-0.3, -0.25) is 4.79 Å². The van der Waals surface area contributed by atoms with Crippen LogP contribution in [0.15, 0.2) is 33.5 Å². The van der Waals surface area contributed by atoms with Crippen molar-refractivity contribution in [3.05, 3.63) is 45.6 Å². The van der Waals surface area contributed by atoms with Gasteiger partial charge in [0, 0.05) is 6.07 Å². The number of aromatic hydroxyl groups is 2. The minimum absolute atomic E-state index is 0.160.